The molecule has 3 nitrogen and oxygen atoms in total. The van der Waals surface area contributed by atoms with Crippen molar-refractivity contribution >= 4 is 15.7 Å². The van der Waals surface area contributed by atoms with Crippen molar-refractivity contribution in [2.24, 2.45) is 5.41 Å². The third-order valence-corrected chi connectivity index (χ3v) is 4.35. The van der Waals surface area contributed by atoms with Gasteiger partial charge in [-0.3, -0.25) is 4.72 Å². The summed E-state index contributed by atoms with van der Waals surface area (Å²) in [5, 5.41) is 0. The Morgan fingerprint density at radius 1 is 0.952 bits per heavy atom. The molecule has 0 saturated carbocycles. The van der Waals surface area contributed by atoms with Crippen molar-refractivity contribution in [1.29, 1.82) is 0 Å². The van der Waals surface area contributed by atoms with Gasteiger partial charge in [-0.1, -0.05) is 51.1 Å². The first-order chi connectivity index (χ1) is 9.76. The molecule has 2 aromatic carbocycles. The quantitative estimate of drug-likeness (QED) is 0.925. The molecule has 21 heavy (non-hydrogen) atoms. The third kappa shape index (κ3) is 4.60. The highest BCUT2D eigenvalue weighted by Crippen LogP contribution is 2.23. The Morgan fingerprint density at radius 3 is 2.24 bits per heavy atom. The van der Waals surface area contributed by atoms with Crippen LogP contribution in [0.15, 0.2) is 59.5 Å². The number of benzene rings is 2. The van der Waals surface area contributed by atoms with E-state index in [4.69, 9.17) is 0 Å². The van der Waals surface area contributed by atoms with Crippen LogP contribution in [-0.4, -0.2) is 8.42 Å². The highest BCUT2D eigenvalue weighted by molar-refractivity contribution is 7.92. The zero-order valence-corrected chi connectivity index (χ0v) is 13.4. The van der Waals surface area contributed by atoms with E-state index < -0.39 is 10.0 Å². The van der Waals surface area contributed by atoms with Crippen molar-refractivity contribution in [2.75, 3.05) is 4.72 Å². The molecule has 4 heteroatoms. The first-order valence-electron chi connectivity index (χ1n) is 6.93. The van der Waals surface area contributed by atoms with Gasteiger partial charge in [0.05, 0.1) is 4.90 Å². The second kappa shape index (κ2) is 5.90. The summed E-state index contributed by atoms with van der Waals surface area (Å²) in [5.41, 5.74) is 1.71. The van der Waals surface area contributed by atoms with Gasteiger partial charge in [0, 0.05) is 5.69 Å². The standard InChI is InChI=1S/C17H21NO2S/c1-17(2,3)13-14-8-7-11-16(12-14)21(19,20)18-15-9-5-4-6-10-15/h4-12,18H,13H2,1-3H3. The normalized spacial score (nSPS) is 12.1. The van der Waals surface area contributed by atoms with Gasteiger partial charge in [-0.15, -0.1) is 0 Å². The van der Waals surface area contributed by atoms with Crippen LogP contribution < -0.4 is 4.72 Å². The van der Waals surface area contributed by atoms with Crippen molar-refractivity contribution < 1.29 is 8.42 Å². The van der Waals surface area contributed by atoms with Crippen LogP contribution >= 0.6 is 0 Å². The molecule has 0 heterocycles. The first-order valence-corrected chi connectivity index (χ1v) is 8.41. The van der Waals surface area contributed by atoms with Gasteiger partial charge in [0.1, 0.15) is 0 Å². The van der Waals surface area contributed by atoms with Gasteiger partial charge in [0.25, 0.3) is 10.0 Å². The van der Waals surface area contributed by atoms with Gasteiger partial charge < -0.3 is 0 Å². The van der Waals surface area contributed by atoms with E-state index in [0.29, 0.717) is 10.6 Å². The predicted octanol–water partition coefficient (Wildman–Crippen LogP) is 4.08. The summed E-state index contributed by atoms with van der Waals surface area (Å²) < 4.78 is 27.4. The van der Waals surface area contributed by atoms with E-state index in [-0.39, 0.29) is 5.41 Å². The van der Waals surface area contributed by atoms with Crippen LogP contribution in [0, 0.1) is 5.41 Å². The summed E-state index contributed by atoms with van der Waals surface area (Å²) in [4.78, 5) is 0.299. The van der Waals surface area contributed by atoms with Crippen molar-refractivity contribution in [3.05, 3.63) is 60.2 Å². The molecular formula is C17H21NO2S. The Bertz CT molecular complexity index is 701. The topological polar surface area (TPSA) is 46.2 Å². The van der Waals surface area contributed by atoms with Gasteiger partial charge in [-0.05, 0) is 41.7 Å². The number of para-hydroxylation sites is 1. The minimum atomic E-state index is -3.54. The van der Waals surface area contributed by atoms with Crippen molar-refractivity contribution in [3.8, 4) is 0 Å². The Labute approximate surface area is 127 Å². The van der Waals surface area contributed by atoms with Crippen molar-refractivity contribution in [3.63, 3.8) is 0 Å². The van der Waals surface area contributed by atoms with Crippen LogP contribution in [0.2, 0.25) is 0 Å². The molecule has 0 aromatic heterocycles. The third-order valence-electron chi connectivity index (χ3n) is 2.97. The highest BCUT2D eigenvalue weighted by atomic mass is 32.2. The summed E-state index contributed by atoms with van der Waals surface area (Å²) in [6.07, 6.45) is 0.835. The van der Waals surface area contributed by atoms with Gasteiger partial charge in [-0.2, -0.15) is 0 Å². The molecule has 0 amide bonds. The fraction of sp³-hybridized carbons (Fsp3) is 0.294. The van der Waals surface area contributed by atoms with E-state index in [2.05, 4.69) is 25.5 Å². The number of hydrogen-bond acceptors (Lipinski definition) is 2. The predicted molar refractivity (Wildman–Crippen MR) is 86.9 cm³/mol. The average Bonchev–Trinajstić information content (AvgIpc) is 2.37. The maximum atomic E-state index is 12.4. The monoisotopic (exact) mass is 303 g/mol. The minimum Gasteiger partial charge on any atom is -0.280 e. The summed E-state index contributed by atoms with van der Waals surface area (Å²) >= 11 is 0. The van der Waals surface area contributed by atoms with Gasteiger partial charge in [0.15, 0.2) is 0 Å². The highest BCUT2D eigenvalue weighted by Gasteiger charge is 2.16. The molecule has 112 valence electrons. The van der Waals surface area contributed by atoms with Gasteiger partial charge >= 0.3 is 0 Å². The van der Waals surface area contributed by atoms with E-state index in [1.165, 1.54) is 0 Å². The molecule has 0 fully saturated rings. The zero-order valence-electron chi connectivity index (χ0n) is 12.6. The number of hydrogen-bond donors (Lipinski definition) is 1. The number of sulfonamides is 1. The minimum absolute atomic E-state index is 0.120. The molecule has 0 aliphatic heterocycles. The Balaban J connectivity index is 2.26. The molecule has 1 N–H and O–H groups in total. The summed E-state index contributed by atoms with van der Waals surface area (Å²) in [6, 6.07) is 16.0. The number of nitrogens with one attached hydrogen (secondary N) is 1. The van der Waals surface area contributed by atoms with Crippen molar-refractivity contribution in [1.82, 2.24) is 0 Å². The van der Waals surface area contributed by atoms with Crippen LogP contribution in [0.3, 0.4) is 0 Å². The second-order valence-corrected chi connectivity index (χ2v) is 8.04. The molecule has 0 radical (unpaired) electrons. The van der Waals surface area contributed by atoms with Crippen molar-refractivity contribution in [2.45, 2.75) is 32.1 Å². The zero-order chi connectivity index (χ0) is 15.5. The SMILES string of the molecule is CC(C)(C)Cc1cccc(S(=O)(=O)Nc2ccccc2)c1. The smallest absolute Gasteiger partial charge is 0.261 e. The molecular weight excluding hydrogens is 282 g/mol. The Morgan fingerprint density at radius 2 is 1.62 bits per heavy atom. The number of anilines is 1. The lowest BCUT2D eigenvalue weighted by atomic mass is 9.88. The van der Waals surface area contributed by atoms with Gasteiger partial charge in [-0.25, -0.2) is 8.42 Å². The van der Waals surface area contributed by atoms with Crippen LogP contribution in [0.5, 0.6) is 0 Å². The summed E-state index contributed by atoms with van der Waals surface area (Å²) in [7, 11) is -3.54. The van der Waals surface area contributed by atoms with E-state index in [0.717, 1.165) is 12.0 Å². The molecule has 0 aliphatic carbocycles. The molecule has 0 atom stereocenters. The largest absolute Gasteiger partial charge is 0.280 e. The van der Waals surface area contributed by atoms with Crippen LogP contribution in [-0.2, 0) is 16.4 Å². The fourth-order valence-electron chi connectivity index (χ4n) is 2.16. The number of rotatable bonds is 4. The lowest BCUT2D eigenvalue weighted by Crippen LogP contribution is -2.14. The Kier molecular flexibility index (Phi) is 4.37. The van der Waals surface area contributed by atoms with E-state index in [9.17, 15) is 8.42 Å². The Hall–Kier alpha value is -1.81. The lowest BCUT2D eigenvalue weighted by molar-refractivity contribution is 0.411. The molecule has 0 unspecified atom stereocenters. The van der Waals surface area contributed by atoms with E-state index >= 15 is 0 Å². The molecule has 0 aliphatic rings. The van der Waals surface area contributed by atoms with Gasteiger partial charge in [0.2, 0.25) is 0 Å². The van der Waals surface area contributed by atoms with Crippen LogP contribution in [0.1, 0.15) is 26.3 Å². The molecule has 0 spiro atoms. The average molecular weight is 303 g/mol. The molecule has 2 aromatic rings. The maximum absolute atomic E-state index is 12.4. The van der Waals surface area contributed by atoms with Crippen LogP contribution in [0.4, 0.5) is 5.69 Å². The summed E-state index contributed by atoms with van der Waals surface area (Å²) in [5.74, 6) is 0. The summed E-state index contributed by atoms with van der Waals surface area (Å²) in [6.45, 7) is 6.41. The first kappa shape index (κ1) is 15.6. The van der Waals surface area contributed by atoms with E-state index in [1.54, 1.807) is 42.5 Å². The van der Waals surface area contributed by atoms with Crippen LogP contribution in [0.25, 0.3) is 0 Å². The molecule has 0 saturated heterocycles. The maximum Gasteiger partial charge on any atom is 0.261 e. The second-order valence-electron chi connectivity index (χ2n) is 6.36. The van der Waals surface area contributed by atoms with E-state index in [1.807, 2.05) is 12.1 Å². The fourth-order valence-corrected chi connectivity index (χ4v) is 3.28. The molecule has 2 rings (SSSR count). The lowest BCUT2D eigenvalue weighted by Gasteiger charge is -2.18. The molecule has 0 bridgehead atoms.